The van der Waals surface area contributed by atoms with E-state index in [4.69, 9.17) is 27.8 Å². The van der Waals surface area contributed by atoms with Crippen molar-refractivity contribution in [1.82, 2.24) is 39.0 Å². The first-order valence-corrected chi connectivity index (χ1v) is 24.7. The number of hydrogen-bond acceptors (Lipinski definition) is 16. The van der Waals surface area contributed by atoms with Crippen LogP contribution in [-0.4, -0.2) is 103 Å². The first-order chi connectivity index (χ1) is 35.1. The van der Waals surface area contributed by atoms with Crippen LogP contribution in [0.1, 0.15) is 75.1 Å². The van der Waals surface area contributed by atoms with Gasteiger partial charge in [-0.2, -0.15) is 5.26 Å². The van der Waals surface area contributed by atoms with Crippen LogP contribution in [0.4, 0.5) is 32.5 Å². The zero-order valence-corrected chi connectivity index (χ0v) is 40.6. The zero-order chi connectivity index (χ0) is 51.2. The van der Waals surface area contributed by atoms with E-state index in [2.05, 4.69) is 46.6 Å². The number of ether oxygens (including phenoxy) is 1. The molecule has 2 aromatic carbocycles. The van der Waals surface area contributed by atoms with Crippen LogP contribution in [0.25, 0.3) is 43.9 Å². The van der Waals surface area contributed by atoms with Gasteiger partial charge in [-0.25, -0.2) is 39.1 Å². The Morgan fingerprint density at radius 2 is 1.49 bits per heavy atom. The van der Waals surface area contributed by atoms with E-state index >= 15 is 4.39 Å². The van der Waals surface area contributed by atoms with Gasteiger partial charge in [0.1, 0.15) is 71.3 Å². The summed E-state index contributed by atoms with van der Waals surface area (Å²) in [5.41, 5.74) is 14.0. The normalized spacial score (nSPS) is 23.9. The van der Waals surface area contributed by atoms with Gasteiger partial charge in [0.2, 0.25) is 0 Å². The smallest absolute Gasteiger partial charge is 0.412 e. The third-order valence-corrected chi connectivity index (χ3v) is 15.3. The van der Waals surface area contributed by atoms with Crippen LogP contribution in [0.2, 0.25) is 5.02 Å². The Morgan fingerprint density at radius 3 is 2.21 bits per heavy atom. The molecule has 2 aliphatic carbocycles. The molecule has 21 heteroatoms. The number of benzene rings is 2. The van der Waals surface area contributed by atoms with Crippen molar-refractivity contribution in [2.45, 2.75) is 101 Å². The highest BCUT2D eigenvalue weighted by atomic mass is 35.5. The number of unbranched alkanes of at least 4 members (excludes halogenated alkanes) is 2. The van der Waals surface area contributed by atoms with E-state index < -0.39 is 53.2 Å². The summed E-state index contributed by atoms with van der Waals surface area (Å²) in [4.78, 5) is 38.7. The lowest BCUT2D eigenvalue weighted by Gasteiger charge is -2.28. The van der Waals surface area contributed by atoms with Gasteiger partial charge >= 0.3 is 6.09 Å². The van der Waals surface area contributed by atoms with Gasteiger partial charge in [-0.05, 0) is 129 Å². The Bertz CT molecular complexity index is 3420. The fraction of sp³-hybridized carbons (Fsp3) is 0.385. The fourth-order valence-electron chi connectivity index (χ4n) is 10.8. The molecule has 8 atom stereocenters. The molecule has 0 bridgehead atoms. The number of anilines is 4. The quantitative estimate of drug-likeness (QED) is 0.0445. The van der Waals surface area contributed by atoms with E-state index in [1.54, 1.807) is 29.0 Å². The summed E-state index contributed by atoms with van der Waals surface area (Å²) in [6.45, 7) is 2.69. The van der Waals surface area contributed by atoms with Crippen molar-refractivity contribution in [2.75, 3.05) is 35.3 Å². The highest BCUT2D eigenvalue weighted by Crippen LogP contribution is 2.50. The van der Waals surface area contributed by atoms with Gasteiger partial charge < -0.3 is 51.1 Å². The standard InChI is InChI=1S/C52H55ClFN13O6/c1-51(23-38(41(68)43(51)70)66-16-11-31-45(56)59-26-61-48(31)66)13-9-28-5-7-36-30(19-28)6-8-40(63-36)65-50(72)73-18-4-2-3-15-58-47-34(53)22-33-35(54)20-29(21-37(33)64-47)10-14-52(25-55)24-39(42(69)44(52)71)67-17-12-32-46(57)60-27-62-49(32)67/h5-8,11-12,16-17,19-22,26-27,38-39,41-44,68-71H,2-4,9-10,13-15,18,23-24H2,1H3,(H,58,64)(H2,56,59,61)(H2,57,60,62)(H,63,65,72)/t38-,39-,41+,42+,43+,44+,51+,52+/m1/s1. The van der Waals surface area contributed by atoms with Crippen molar-refractivity contribution in [2.24, 2.45) is 10.8 Å². The second kappa shape index (κ2) is 20.0. The molecule has 2 fully saturated rings. The lowest BCUT2D eigenvalue weighted by Crippen LogP contribution is -2.36. The number of nitrogen functional groups attached to an aromatic ring is 2. The Hall–Kier alpha value is -7.28. The predicted octanol–water partition coefficient (Wildman–Crippen LogP) is 7.18. The third-order valence-electron chi connectivity index (χ3n) is 15.1. The van der Waals surface area contributed by atoms with Crippen LogP contribution in [0.3, 0.4) is 0 Å². The third kappa shape index (κ3) is 9.50. The number of amides is 1. The minimum atomic E-state index is -1.36. The number of carbonyl (C=O) groups excluding carboxylic acids is 1. The van der Waals surface area contributed by atoms with Crippen molar-refractivity contribution >= 4 is 84.8 Å². The molecule has 10 rings (SSSR count). The van der Waals surface area contributed by atoms with Crippen molar-refractivity contribution in [3.05, 3.63) is 108 Å². The SMILES string of the molecule is C[C@]1(CCc2ccc3nc(NC(=O)OCCCCCNc4nc5cc(CC[C@@]6(C#N)C[C@@H](n7ccc8c(N)ncnc87)[C@H](O)[C@@H]6O)cc(F)c5cc4Cl)ccc3c2)C[C@@H](n2ccc3c(N)ncnc32)[C@H](O)[C@@H]1O. The Balaban J connectivity index is 0.669. The Kier molecular flexibility index (Phi) is 13.5. The van der Waals surface area contributed by atoms with Crippen LogP contribution in [0, 0.1) is 28.0 Å². The molecule has 1 amide bonds. The maximum absolute atomic E-state index is 15.5. The summed E-state index contributed by atoms with van der Waals surface area (Å²) in [7, 11) is 0. The second-order valence-corrected chi connectivity index (χ2v) is 20.1. The number of nitrogens with two attached hydrogens (primary N) is 2. The molecular formula is C52H55ClFN13O6. The molecule has 19 nitrogen and oxygen atoms in total. The van der Waals surface area contributed by atoms with Gasteiger partial charge in [-0.15, -0.1) is 0 Å². The minimum Gasteiger partial charge on any atom is -0.449 e. The number of aromatic nitrogens is 8. The number of nitriles is 1. The number of aryl methyl sites for hydroxylation is 2. The van der Waals surface area contributed by atoms with Crippen molar-refractivity contribution in [3.63, 3.8) is 0 Å². The van der Waals surface area contributed by atoms with Gasteiger partial charge in [-0.1, -0.05) is 24.6 Å². The number of aliphatic hydroxyl groups is 4. The molecule has 0 aliphatic heterocycles. The summed E-state index contributed by atoms with van der Waals surface area (Å²) in [6, 6.07) is 19.0. The Morgan fingerprint density at radius 1 is 0.808 bits per heavy atom. The molecule has 378 valence electrons. The number of aliphatic hydroxyl groups excluding tert-OH is 4. The van der Waals surface area contributed by atoms with E-state index in [0.717, 1.165) is 17.4 Å². The first-order valence-electron chi connectivity index (χ1n) is 24.3. The lowest BCUT2D eigenvalue weighted by atomic mass is 9.79. The highest BCUT2D eigenvalue weighted by molar-refractivity contribution is 6.33. The number of nitrogens with one attached hydrogen (secondary N) is 2. The predicted molar refractivity (Wildman–Crippen MR) is 274 cm³/mol. The molecule has 0 saturated heterocycles. The number of fused-ring (bicyclic) bond motifs is 4. The summed E-state index contributed by atoms with van der Waals surface area (Å²) in [5.74, 6) is 0.855. The number of nitrogens with zero attached hydrogens (tertiary/aromatic N) is 9. The largest absolute Gasteiger partial charge is 0.449 e. The molecule has 2 aliphatic rings. The van der Waals surface area contributed by atoms with E-state index in [1.165, 1.54) is 24.8 Å². The van der Waals surface area contributed by atoms with Crippen LogP contribution in [0.5, 0.6) is 0 Å². The number of halogens is 2. The van der Waals surface area contributed by atoms with Gasteiger partial charge in [-0.3, -0.25) is 5.32 Å². The maximum Gasteiger partial charge on any atom is 0.412 e. The number of hydrogen-bond donors (Lipinski definition) is 8. The lowest BCUT2D eigenvalue weighted by molar-refractivity contribution is -0.0241. The van der Waals surface area contributed by atoms with Crippen molar-refractivity contribution < 1.29 is 34.3 Å². The molecule has 6 heterocycles. The first kappa shape index (κ1) is 49.3. The average Bonchev–Trinajstić information content (AvgIpc) is 4.13. The molecule has 6 aromatic heterocycles. The summed E-state index contributed by atoms with van der Waals surface area (Å²) < 4.78 is 24.5. The molecule has 0 unspecified atom stereocenters. The molecule has 0 spiro atoms. The molecular weight excluding hydrogens is 957 g/mol. The minimum absolute atomic E-state index is 0.136. The maximum atomic E-state index is 15.5. The van der Waals surface area contributed by atoms with Gasteiger partial charge in [0.05, 0.1) is 63.1 Å². The van der Waals surface area contributed by atoms with E-state index in [1.807, 2.05) is 48.0 Å². The second-order valence-electron chi connectivity index (χ2n) is 19.7. The van der Waals surface area contributed by atoms with Crippen molar-refractivity contribution in [1.29, 1.82) is 5.26 Å². The molecule has 73 heavy (non-hydrogen) atoms. The monoisotopic (exact) mass is 1010 g/mol. The highest BCUT2D eigenvalue weighted by Gasteiger charge is 2.54. The molecule has 10 N–H and O–H groups in total. The zero-order valence-electron chi connectivity index (χ0n) is 39.9. The van der Waals surface area contributed by atoms with E-state index in [0.29, 0.717) is 94.8 Å². The van der Waals surface area contributed by atoms with Crippen LogP contribution >= 0.6 is 11.6 Å². The number of carbonyl (C=O) groups is 1. The van der Waals surface area contributed by atoms with Crippen LogP contribution < -0.4 is 22.1 Å². The Labute approximate surface area is 423 Å². The summed E-state index contributed by atoms with van der Waals surface area (Å²) >= 11 is 6.53. The summed E-state index contributed by atoms with van der Waals surface area (Å²) in [5, 5.41) is 63.8. The summed E-state index contributed by atoms with van der Waals surface area (Å²) in [6.07, 6.45) is 5.51. The van der Waals surface area contributed by atoms with E-state index in [-0.39, 0.29) is 48.1 Å². The molecule has 8 aromatic rings. The number of rotatable bonds is 16. The van der Waals surface area contributed by atoms with Gasteiger partial charge in [0, 0.05) is 29.7 Å². The average molecular weight is 1010 g/mol. The van der Waals surface area contributed by atoms with Crippen LogP contribution in [0.15, 0.2) is 85.7 Å². The molecule has 0 radical (unpaired) electrons. The molecule has 2 saturated carbocycles. The van der Waals surface area contributed by atoms with Crippen molar-refractivity contribution in [3.8, 4) is 6.07 Å². The van der Waals surface area contributed by atoms with E-state index in [9.17, 15) is 30.5 Å². The van der Waals surface area contributed by atoms with Gasteiger partial charge in [0.15, 0.2) is 0 Å². The van der Waals surface area contributed by atoms with Gasteiger partial charge in [0.25, 0.3) is 0 Å². The van der Waals surface area contributed by atoms with Crippen LogP contribution in [-0.2, 0) is 17.6 Å². The number of pyridine rings is 2. The topological polar surface area (TPSA) is 294 Å². The fourth-order valence-corrected chi connectivity index (χ4v) is 11.1.